The Morgan fingerprint density at radius 2 is 2.42 bits per heavy atom. The Kier molecular flexibility index (Phi) is 1.64. The van der Waals surface area contributed by atoms with E-state index in [1.54, 1.807) is 6.08 Å². The number of hydrogen-bond acceptors (Lipinski definition) is 2. The summed E-state index contributed by atoms with van der Waals surface area (Å²) in [7, 11) is 0. The molecular weight excluding hydrogens is 154 g/mol. The van der Waals surface area contributed by atoms with E-state index in [2.05, 4.69) is 5.32 Å². The predicted octanol–water partition coefficient (Wildman–Crippen LogP) is 1.24. The Morgan fingerprint density at radius 1 is 1.58 bits per heavy atom. The minimum absolute atomic E-state index is 0.140. The van der Waals surface area contributed by atoms with Crippen LogP contribution < -0.4 is 5.32 Å². The molecule has 0 bridgehead atoms. The van der Waals surface area contributed by atoms with Crippen molar-refractivity contribution in [1.29, 1.82) is 0 Å². The number of aliphatic hydroxyl groups excluding tert-OH is 1. The smallest absolute Gasteiger partial charge is 0.289 e. The Morgan fingerprint density at radius 3 is 3.25 bits per heavy atom. The molecule has 0 aromatic carbocycles. The summed E-state index contributed by atoms with van der Waals surface area (Å²) in [6.45, 7) is 0. The van der Waals surface area contributed by atoms with Crippen LogP contribution in [0.1, 0.15) is 19.3 Å². The fraction of sp³-hybridized carbons (Fsp3) is 0.444. The third-order valence-electron chi connectivity index (χ3n) is 2.33. The lowest BCUT2D eigenvalue weighted by Gasteiger charge is -2.25. The lowest BCUT2D eigenvalue weighted by molar-refractivity contribution is -0.119. The summed E-state index contributed by atoms with van der Waals surface area (Å²) >= 11 is 0. The average molecular weight is 165 g/mol. The van der Waals surface area contributed by atoms with Gasteiger partial charge in [-0.15, -0.1) is 0 Å². The van der Waals surface area contributed by atoms with Gasteiger partial charge in [-0.1, -0.05) is 6.08 Å². The van der Waals surface area contributed by atoms with Gasteiger partial charge in [0.05, 0.1) is 0 Å². The van der Waals surface area contributed by atoms with Gasteiger partial charge in [-0.25, -0.2) is 0 Å². The van der Waals surface area contributed by atoms with Crippen LogP contribution in [0.5, 0.6) is 0 Å². The van der Waals surface area contributed by atoms with E-state index in [1.165, 1.54) is 0 Å². The highest BCUT2D eigenvalue weighted by Crippen LogP contribution is 2.27. The van der Waals surface area contributed by atoms with Crippen LogP contribution in [0.15, 0.2) is 23.6 Å². The summed E-state index contributed by atoms with van der Waals surface area (Å²) in [6.07, 6.45) is 6.86. The maximum Gasteiger partial charge on any atom is 0.289 e. The summed E-state index contributed by atoms with van der Waals surface area (Å²) in [6, 6.07) is 0. The Hall–Kier alpha value is -1.25. The third kappa shape index (κ3) is 1.11. The molecule has 2 rings (SSSR count). The van der Waals surface area contributed by atoms with E-state index >= 15 is 0 Å². The minimum atomic E-state index is -0.376. The summed E-state index contributed by atoms with van der Waals surface area (Å²) in [5.41, 5.74) is 0.962. The monoisotopic (exact) mass is 165 g/mol. The van der Waals surface area contributed by atoms with Crippen molar-refractivity contribution >= 4 is 5.91 Å². The summed E-state index contributed by atoms with van der Waals surface area (Å²) in [5, 5.41) is 11.8. The number of rotatable bonds is 0. The molecule has 1 aliphatic carbocycles. The molecule has 2 aliphatic rings. The fourth-order valence-corrected chi connectivity index (χ4v) is 1.68. The third-order valence-corrected chi connectivity index (χ3v) is 2.33. The number of allylic oxidation sites excluding steroid dienone is 2. The molecule has 1 heterocycles. The quantitative estimate of drug-likeness (QED) is 0.567. The van der Waals surface area contributed by atoms with Crippen molar-refractivity contribution in [2.24, 2.45) is 5.92 Å². The summed E-state index contributed by atoms with van der Waals surface area (Å²) in [5.74, 6) is -0.282. The molecule has 0 aromatic rings. The van der Waals surface area contributed by atoms with Crippen molar-refractivity contribution in [2.75, 3.05) is 0 Å². The van der Waals surface area contributed by atoms with E-state index in [9.17, 15) is 4.79 Å². The van der Waals surface area contributed by atoms with E-state index in [4.69, 9.17) is 5.11 Å². The molecule has 1 atom stereocenters. The van der Waals surface area contributed by atoms with Crippen LogP contribution in [0.4, 0.5) is 0 Å². The standard InChI is InChI=1S/C9H11NO2/c11-8-5-6-3-1-2-4-7(6)10-9(8)12/h4-6,11H,1-3H2,(H,10,12). The second kappa shape index (κ2) is 2.66. The first-order valence-corrected chi connectivity index (χ1v) is 4.19. The molecule has 0 fully saturated rings. The van der Waals surface area contributed by atoms with Gasteiger partial charge in [-0.2, -0.15) is 0 Å². The van der Waals surface area contributed by atoms with Crippen LogP contribution >= 0.6 is 0 Å². The zero-order valence-electron chi connectivity index (χ0n) is 6.71. The van der Waals surface area contributed by atoms with Gasteiger partial charge < -0.3 is 10.4 Å². The van der Waals surface area contributed by atoms with Crippen molar-refractivity contribution in [2.45, 2.75) is 19.3 Å². The molecule has 0 aromatic heterocycles. The molecule has 3 nitrogen and oxygen atoms in total. The topological polar surface area (TPSA) is 49.3 Å². The van der Waals surface area contributed by atoms with E-state index in [-0.39, 0.29) is 17.6 Å². The highest BCUT2D eigenvalue weighted by molar-refractivity contribution is 5.93. The van der Waals surface area contributed by atoms with Crippen molar-refractivity contribution in [3.8, 4) is 0 Å². The van der Waals surface area contributed by atoms with Crippen molar-refractivity contribution in [1.82, 2.24) is 5.32 Å². The van der Waals surface area contributed by atoms with Gasteiger partial charge in [-0.05, 0) is 25.3 Å². The normalized spacial score (nSPS) is 28.3. The molecule has 1 aliphatic heterocycles. The van der Waals surface area contributed by atoms with Gasteiger partial charge in [0.25, 0.3) is 5.91 Å². The summed E-state index contributed by atoms with van der Waals surface area (Å²) in [4.78, 5) is 11.0. The minimum Gasteiger partial charge on any atom is -0.503 e. The van der Waals surface area contributed by atoms with Gasteiger partial charge in [0, 0.05) is 11.6 Å². The maximum atomic E-state index is 11.0. The van der Waals surface area contributed by atoms with E-state index in [0.717, 1.165) is 25.0 Å². The van der Waals surface area contributed by atoms with Crippen molar-refractivity contribution < 1.29 is 9.90 Å². The van der Waals surface area contributed by atoms with E-state index in [1.807, 2.05) is 6.08 Å². The number of amides is 1. The van der Waals surface area contributed by atoms with Gasteiger partial charge in [0.1, 0.15) is 0 Å². The zero-order valence-corrected chi connectivity index (χ0v) is 6.71. The molecular formula is C9H11NO2. The average Bonchev–Trinajstić information content (AvgIpc) is 2.07. The van der Waals surface area contributed by atoms with Gasteiger partial charge in [0.2, 0.25) is 0 Å². The Bertz CT molecular complexity index is 278. The molecule has 0 spiro atoms. The lowest BCUT2D eigenvalue weighted by Crippen LogP contribution is -2.33. The number of fused-ring (bicyclic) bond motifs is 1. The van der Waals surface area contributed by atoms with Crippen LogP contribution in [0, 0.1) is 5.92 Å². The zero-order chi connectivity index (χ0) is 8.55. The highest BCUT2D eigenvalue weighted by Gasteiger charge is 2.25. The lowest BCUT2D eigenvalue weighted by atomic mass is 9.89. The fourth-order valence-electron chi connectivity index (χ4n) is 1.68. The number of hydrogen-bond donors (Lipinski definition) is 2. The molecule has 0 radical (unpaired) electrons. The van der Waals surface area contributed by atoms with Crippen LogP contribution in [-0.4, -0.2) is 11.0 Å². The first kappa shape index (κ1) is 7.40. The van der Waals surface area contributed by atoms with Gasteiger partial charge in [-0.3, -0.25) is 4.79 Å². The second-order valence-electron chi connectivity index (χ2n) is 3.20. The van der Waals surface area contributed by atoms with E-state index in [0.29, 0.717) is 0 Å². The molecule has 12 heavy (non-hydrogen) atoms. The number of nitrogens with one attached hydrogen (secondary N) is 1. The summed E-state index contributed by atoms with van der Waals surface area (Å²) < 4.78 is 0. The molecule has 0 saturated heterocycles. The molecule has 64 valence electrons. The van der Waals surface area contributed by atoms with Crippen LogP contribution in [0.2, 0.25) is 0 Å². The number of aliphatic hydroxyl groups is 1. The molecule has 1 amide bonds. The Balaban J connectivity index is 2.30. The number of carbonyl (C=O) groups excluding carboxylic acids is 1. The van der Waals surface area contributed by atoms with E-state index < -0.39 is 0 Å². The van der Waals surface area contributed by atoms with Crippen LogP contribution in [0.25, 0.3) is 0 Å². The Labute approximate surface area is 70.8 Å². The SMILES string of the molecule is O=C1NC2=CCCCC2C=C1O. The molecule has 0 saturated carbocycles. The molecule has 2 N–H and O–H groups in total. The number of carbonyl (C=O) groups is 1. The molecule has 1 unspecified atom stereocenters. The largest absolute Gasteiger partial charge is 0.503 e. The maximum absolute atomic E-state index is 11.0. The van der Waals surface area contributed by atoms with Crippen molar-refractivity contribution in [3.63, 3.8) is 0 Å². The van der Waals surface area contributed by atoms with Gasteiger partial charge >= 0.3 is 0 Å². The first-order chi connectivity index (χ1) is 5.77. The van der Waals surface area contributed by atoms with Crippen molar-refractivity contribution in [3.05, 3.63) is 23.6 Å². The van der Waals surface area contributed by atoms with Gasteiger partial charge in [0.15, 0.2) is 5.76 Å². The van der Waals surface area contributed by atoms with Crippen LogP contribution in [0.3, 0.4) is 0 Å². The highest BCUT2D eigenvalue weighted by atomic mass is 16.3. The first-order valence-electron chi connectivity index (χ1n) is 4.19. The second-order valence-corrected chi connectivity index (χ2v) is 3.20. The van der Waals surface area contributed by atoms with Crippen LogP contribution in [-0.2, 0) is 4.79 Å². The molecule has 3 heteroatoms. The predicted molar refractivity (Wildman–Crippen MR) is 44.3 cm³/mol.